The molecule has 6 heteroatoms. The van der Waals surface area contributed by atoms with Gasteiger partial charge in [0.25, 0.3) is 15.9 Å². The number of hydrogen-bond donors (Lipinski definition) is 1. The Bertz CT molecular complexity index is 1020. The summed E-state index contributed by atoms with van der Waals surface area (Å²) in [7, 11) is -3.65. The zero-order valence-corrected chi connectivity index (χ0v) is 16.4. The van der Waals surface area contributed by atoms with Crippen molar-refractivity contribution >= 4 is 21.6 Å². The summed E-state index contributed by atoms with van der Waals surface area (Å²) in [5, 5.41) is 2.86. The monoisotopic (exact) mass is 394 g/mol. The molecule has 0 unspecified atom stereocenters. The van der Waals surface area contributed by atoms with E-state index in [9.17, 15) is 13.2 Å². The molecule has 0 aromatic heterocycles. The molecule has 3 aromatic carbocycles. The molecule has 0 fully saturated rings. The SMILES string of the molecule is CCN(c1ccc(C(=O)NCc2ccccc2)cc1)S(=O)(=O)c1ccccc1. The lowest BCUT2D eigenvalue weighted by molar-refractivity contribution is 0.0951. The van der Waals surface area contributed by atoms with Crippen molar-refractivity contribution in [1.82, 2.24) is 5.32 Å². The standard InChI is InChI=1S/C22H22N2O3S/c1-2-24(28(26,27)21-11-7-4-8-12-21)20-15-13-19(14-16-20)22(25)23-17-18-9-5-3-6-10-18/h3-16H,2,17H2,1H3,(H,23,25). The minimum Gasteiger partial charge on any atom is -0.348 e. The van der Waals surface area contributed by atoms with E-state index in [-0.39, 0.29) is 17.3 Å². The van der Waals surface area contributed by atoms with Gasteiger partial charge in [0.2, 0.25) is 0 Å². The second-order valence-corrected chi connectivity index (χ2v) is 8.06. The number of anilines is 1. The number of rotatable bonds is 7. The minimum absolute atomic E-state index is 0.204. The molecule has 0 heterocycles. The molecule has 0 saturated heterocycles. The zero-order chi connectivity index (χ0) is 20.0. The third-order valence-corrected chi connectivity index (χ3v) is 6.25. The first-order chi connectivity index (χ1) is 13.5. The van der Waals surface area contributed by atoms with Gasteiger partial charge >= 0.3 is 0 Å². The van der Waals surface area contributed by atoms with Crippen molar-refractivity contribution in [1.29, 1.82) is 0 Å². The van der Waals surface area contributed by atoms with Crippen molar-refractivity contribution in [2.75, 3.05) is 10.8 Å². The number of amides is 1. The fourth-order valence-corrected chi connectivity index (χ4v) is 4.37. The van der Waals surface area contributed by atoms with E-state index in [2.05, 4.69) is 5.32 Å². The van der Waals surface area contributed by atoms with Crippen molar-refractivity contribution in [3.8, 4) is 0 Å². The van der Waals surface area contributed by atoms with E-state index < -0.39 is 10.0 Å². The Balaban J connectivity index is 1.74. The molecular weight excluding hydrogens is 372 g/mol. The Morgan fingerprint density at radius 3 is 2.00 bits per heavy atom. The maximum Gasteiger partial charge on any atom is 0.264 e. The van der Waals surface area contributed by atoms with Crippen LogP contribution < -0.4 is 9.62 Å². The quantitative estimate of drug-likeness (QED) is 0.662. The van der Waals surface area contributed by atoms with Crippen LogP contribution in [0.25, 0.3) is 0 Å². The molecule has 3 aromatic rings. The van der Waals surface area contributed by atoms with E-state index in [0.717, 1.165) is 5.56 Å². The number of sulfonamides is 1. The molecule has 3 rings (SSSR count). The summed E-state index contributed by atoms with van der Waals surface area (Å²) in [6.45, 7) is 2.50. The first kappa shape index (κ1) is 19.6. The Hall–Kier alpha value is -3.12. The van der Waals surface area contributed by atoms with Crippen molar-refractivity contribution in [2.24, 2.45) is 0 Å². The van der Waals surface area contributed by atoms with Crippen molar-refractivity contribution < 1.29 is 13.2 Å². The predicted octanol–water partition coefficient (Wildman–Crippen LogP) is 3.83. The highest BCUT2D eigenvalue weighted by atomic mass is 32.2. The molecule has 0 atom stereocenters. The molecule has 0 radical (unpaired) electrons. The minimum atomic E-state index is -3.65. The van der Waals surface area contributed by atoms with Crippen molar-refractivity contribution in [2.45, 2.75) is 18.4 Å². The van der Waals surface area contributed by atoms with Crippen LogP contribution in [0.1, 0.15) is 22.8 Å². The van der Waals surface area contributed by atoms with Gasteiger partial charge in [0.05, 0.1) is 10.6 Å². The summed E-state index contributed by atoms with van der Waals surface area (Å²) < 4.78 is 27.1. The number of carbonyl (C=O) groups is 1. The smallest absolute Gasteiger partial charge is 0.264 e. The molecule has 1 N–H and O–H groups in total. The van der Waals surface area contributed by atoms with Crippen molar-refractivity contribution in [3.05, 3.63) is 96.1 Å². The largest absolute Gasteiger partial charge is 0.348 e. The molecule has 144 valence electrons. The Morgan fingerprint density at radius 1 is 0.857 bits per heavy atom. The maximum absolute atomic E-state index is 12.9. The molecule has 28 heavy (non-hydrogen) atoms. The zero-order valence-electron chi connectivity index (χ0n) is 15.6. The third kappa shape index (κ3) is 4.40. The van der Waals surface area contributed by atoms with E-state index in [1.54, 1.807) is 61.5 Å². The maximum atomic E-state index is 12.9. The lowest BCUT2D eigenvalue weighted by atomic mass is 10.1. The average molecular weight is 394 g/mol. The van der Waals surface area contributed by atoms with Crippen LogP contribution in [-0.2, 0) is 16.6 Å². The molecule has 0 spiro atoms. The summed E-state index contributed by atoms with van der Waals surface area (Å²) in [4.78, 5) is 12.6. The molecule has 0 aliphatic heterocycles. The van der Waals surface area contributed by atoms with Gasteiger partial charge in [0.15, 0.2) is 0 Å². The van der Waals surface area contributed by atoms with Crippen LogP contribution in [0.2, 0.25) is 0 Å². The molecule has 0 aliphatic rings. The number of hydrogen-bond acceptors (Lipinski definition) is 3. The second kappa shape index (κ2) is 8.71. The first-order valence-corrected chi connectivity index (χ1v) is 10.5. The fourth-order valence-electron chi connectivity index (χ4n) is 2.87. The normalized spacial score (nSPS) is 11.0. The summed E-state index contributed by atoms with van der Waals surface area (Å²) in [5.41, 5.74) is 2.01. The van der Waals surface area contributed by atoms with Gasteiger partial charge in [0, 0.05) is 18.7 Å². The van der Waals surface area contributed by atoms with Crippen LogP contribution >= 0.6 is 0 Å². The topological polar surface area (TPSA) is 66.5 Å². The van der Waals surface area contributed by atoms with Gasteiger partial charge in [-0.3, -0.25) is 9.10 Å². The van der Waals surface area contributed by atoms with E-state index >= 15 is 0 Å². The second-order valence-electron chi connectivity index (χ2n) is 6.20. The van der Waals surface area contributed by atoms with E-state index in [1.165, 1.54) is 4.31 Å². The molecule has 0 aliphatic carbocycles. The van der Waals surface area contributed by atoms with Crippen LogP contribution in [0.15, 0.2) is 89.8 Å². The van der Waals surface area contributed by atoms with Gasteiger partial charge < -0.3 is 5.32 Å². The van der Waals surface area contributed by atoms with Gasteiger partial charge in [-0.05, 0) is 48.9 Å². The first-order valence-electron chi connectivity index (χ1n) is 9.02. The summed E-state index contributed by atoms with van der Waals surface area (Å²) in [5.74, 6) is -0.204. The highest BCUT2D eigenvalue weighted by molar-refractivity contribution is 7.92. The average Bonchev–Trinajstić information content (AvgIpc) is 2.74. The van der Waals surface area contributed by atoms with Crippen LogP contribution in [0.4, 0.5) is 5.69 Å². The van der Waals surface area contributed by atoms with Crippen LogP contribution in [0, 0.1) is 0 Å². The van der Waals surface area contributed by atoms with Gasteiger partial charge in [-0.15, -0.1) is 0 Å². The van der Waals surface area contributed by atoms with Gasteiger partial charge in [-0.1, -0.05) is 48.5 Å². The van der Waals surface area contributed by atoms with Crippen LogP contribution in [0.3, 0.4) is 0 Å². The van der Waals surface area contributed by atoms with Crippen LogP contribution in [-0.4, -0.2) is 20.9 Å². The van der Waals surface area contributed by atoms with Gasteiger partial charge in [-0.25, -0.2) is 8.42 Å². The van der Waals surface area contributed by atoms with Crippen LogP contribution in [0.5, 0.6) is 0 Å². The fraction of sp³-hybridized carbons (Fsp3) is 0.136. The molecule has 0 saturated carbocycles. The number of nitrogens with zero attached hydrogens (tertiary/aromatic N) is 1. The van der Waals surface area contributed by atoms with E-state index in [0.29, 0.717) is 17.8 Å². The summed E-state index contributed by atoms with van der Waals surface area (Å²) >= 11 is 0. The highest BCUT2D eigenvalue weighted by Crippen LogP contribution is 2.23. The summed E-state index contributed by atoms with van der Waals surface area (Å²) in [6, 6.07) is 24.5. The molecule has 5 nitrogen and oxygen atoms in total. The molecule has 1 amide bonds. The number of nitrogens with one attached hydrogen (secondary N) is 1. The van der Waals surface area contributed by atoms with E-state index in [1.807, 2.05) is 30.3 Å². The number of benzene rings is 3. The van der Waals surface area contributed by atoms with E-state index in [4.69, 9.17) is 0 Å². The Labute approximate surface area is 165 Å². The molecule has 0 bridgehead atoms. The lowest BCUT2D eigenvalue weighted by Crippen LogP contribution is -2.30. The highest BCUT2D eigenvalue weighted by Gasteiger charge is 2.23. The number of carbonyl (C=O) groups excluding carboxylic acids is 1. The lowest BCUT2D eigenvalue weighted by Gasteiger charge is -2.23. The third-order valence-electron chi connectivity index (χ3n) is 4.33. The Morgan fingerprint density at radius 2 is 1.43 bits per heavy atom. The Kier molecular flexibility index (Phi) is 6.11. The van der Waals surface area contributed by atoms with Gasteiger partial charge in [0.1, 0.15) is 0 Å². The summed E-state index contributed by atoms with van der Waals surface area (Å²) in [6.07, 6.45) is 0. The predicted molar refractivity (Wildman–Crippen MR) is 111 cm³/mol. The van der Waals surface area contributed by atoms with Crippen molar-refractivity contribution in [3.63, 3.8) is 0 Å². The van der Waals surface area contributed by atoms with Gasteiger partial charge in [-0.2, -0.15) is 0 Å². The molecular formula is C22H22N2O3S.